The number of hydrogen-bond acceptors (Lipinski definition) is 3. The summed E-state index contributed by atoms with van der Waals surface area (Å²) in [6, 6.07) is 12.1. The highest BCUT2D eigenvalue weighted by Gasteiger charge is 2.14. The number of para-hydroxylation sites is 1. The van der Waals surface area contributed by atoms with Gasteiger partial charge in [-0.25, -0.2) is 0 Å². The van der Waals surface area contributed by atoms with E-state index < -0.39 is 0 Å². The number of ether oxygens (including phenoxy) is 1. The highest BCUT2D eigenvalue weighted by Crippen LogP contribution is 2.19. The number of nitrogens with one attached hydrogen (secondary N) is 1. The number of nitrogens with zero attached hydrogens (tertiary/aromatic N) is 1. The van der Waals surface area contributed by atoms with Crippen molar-refractivity contribution >= 4 is 5.91 Å². The van der Waals surface area contributed by atoms with E-state index in [4.69, 9.17) is 4.74 Å². The number of aromatic amines is 1. The van der Waals surface area contributed by atoms with E-state index in [0.29, 0.717) is 13.2 Å². The van der Waals surface area contributed by atoms with E-state index in [1.807, 2.05) is 31.2 Å². The van der Waals surface area contributed by atoms with E-state index in [9.17, 15) is 9.59 Å². The predicted octanol–water partition coefficient (Wildman–Crippen LogP) is 2.05. The SMILES string of the molecule is CCOc1ccccc1CN(C)C(=O)c1cccc(=O)[nH]1. The normalized spacial score (nSPS) is 10.2. The van der Waals surface area contributed by atoms with Crippen LogP contribution >= 0.6 is 0 Å². The number of aromatic nitrogens is 1. The second-order valence-electron chi connectivity index (χ2n) is 4.63. The van der Waals surface area contributed by atoms with Crippen LogP contribution in [0.1, 0.15) is 23.0 Å². The van der Waals surface area contributed by atoms with Crippen molar-refractivity contribution in [3.63, 3.8) is 0 Å². The van der Waals surface area contributed by atoms with Crippen LogP contribution < -0.4 is 10.3 Å². The Hall–Kier alpha value is -2.56. The Bertz CT molecular complexity index is 679. The highest BCUT2D eigenvalue weighted by molar-refractivity contribution is 5.92. The van der Waals surface area contributed by atoms with Crippen LogP contribution in [0, 0.1) is 0 Å². The third kappa shape index (κ3) is 3.72. The summed E-state index contributed by atoms with van der Waals surface area (Å²) in [6.07, 6.45) is 0. The molecular formula is C16H18N2O3. The maximum absolute atomic E-state index is 12.3. The molecule has 0 spiro atoms. The van der Waals surface area contributed by atoms with Crippen molar-refractivity contribution in [2.24, 2.45) is 0 Å². The van der Waals surface area contributed by atoms with Gasteiger partial charge in [-0.15, -0.1) is 0 Å². The molecule has 1 aromatic heterocycles. The fraction of sp³-hybridized carbons (Fsp3) is 0.250. The number of hydrogen-bond donors (Lipinski definition) is 1. The van der Waals surface area contributed by atoms with Crippen LogP contribution in [0.15, 0.2) is 47.3 Å². The lowest BCUT2D eigenvalue weighted by Gasteiger charge is -2.19. The third-order valence-corrected chi connectivity index (χ3v) is 3.03. The van der Waals surface area contributed by atoms with Crippen molar-refractivity contribution in [1.29, 1.82) is 0 Å². The molecule has 1 N–H and O–H groups in total. The zero-order valence-electron chi connectivity index (χ0n) is 12.1. The molecule has 0 atom stereocenters. The van der Waals surface area contributed by atoms with E-state index in [1.165, 1.54) is 6.07 Å². The molecule has 0 fully saturated rings. The number of H-pyrrole nitrogens is 1. The Morgan fingerprint density at radius 3 is 2.67 bits per heavy atom. The molecule has 5 heteroatoms. The molecule has 0 aliphatic heterocycles. The van der Waals surface area contributed by atoms with Crippen molar-refractivity contribution in [3.05, 3.63) is 64.1 Å². The van der Waals surface area contributed by atoms with Crippen LogP contribution in [-0.2, 0) is 6.54 Å². The monoisotopic (exact) mass is 286 g/mol. The summed E-state index contributed by atoms with van der Waals surface area (Å²) in [6.45, 7) is 2.90. The van der Waals surface area contributed by atoms with Crippen molar-refractivity contribution in [3.8, 4) is 5.75 Å². The molecule has 0 unspecified atom stereocenters. The van der Waals surface area contributed by atoms with Crippen molar-refractivity contribution in [2.75, 3.05) is 13.7 Å². The zero-order valence-corrected chi connectivity index (χ0v) is 12.1. The smallest absolute Gasteiger partial charge is 0.270 e. The van der Waals surface area contributed by atoms with Crippen molar-refractivity contribution < 1.29 is 9.53 Å². The van der Waals surface area contributed by atoms with Gasteiger partial charge in [0.2, 0.25) is 5.56 Å². The van der Waals surface area contributed by atoms with E-state index in [1.54, 1.807) is 24.1 Å². The third-order valence-electron chi connectivity index (χ3n) is 3.03. The van der Waals surface area contributed by atoms with Gasteiger partial charge in [0.25, 0.3) is 5.91 Å². The van der Waals surface area contributed by atoms with Crippen LogP contribution in [0.2, 0.25) is 0 Å². The molecule has 2 aromatic rings. The van der Waals surface area contributed by atoms with Crippen LogP contribution in [0.3, 0.4) is 0 Å². The van der Waals surface area contributed by atoms with Gasteiger partial charge in [-0.1, -0.05) is 24.3 Å². The minimum absolute atomic E-state index is 0.237. The molecule has 1 amide bonds. The van der Waals surface area contributed by atoms with E-state index in [0.717, 1.165) is 11.3 Å². The number of carbonyl (C=O) groups is 1. The van der Waals surface area contributed by atoms with Gasteiger partial charge in [-0.2, -0.15) is 0 Å². The zero-order chi connectivity index (χ0) is 15.2. The molecular weight excluding hydrogens is 268 g/mol. The average Bonchev–Trinajstić information content (AvgIpc) is 2.48. The predicted molar refractivity (Wildman–Crippen MR) is 80.5 cm³/mol. The van der Waals surface area contributed by atoms with Gasteiger partial charge in [0.1, 0.15) is 11.4 Å². The molecule has 5 nitrogen and oxygen atoms in total. The second kappa shape index (κ2) is 6.74. The molecule has 0 saturated heterocycles. The topological polar surface area (TPSA) is 62.4 Å². The Balaban J connectivity index is 2.16. The van der Waals surface area contributed by atoms with Gasteiger partial charge < -0.3 is 14.6 Å². The number of rotatable bonds is 5. The van der Waals surface area contributed by atoms with Crippen LogP contribution in [0.25, 0.3) is 0 Å². The van der Waals surface area contributed by atoms with E-state index in [-0.39, 0.29) is 17.2 Å². The number of amides is 1. The minimum Gasteiger partial charge on any atom is -0.494 e. The van der Waals surface area contributed by atoms with Gasteiger partial charge >= 0.3 is 0 Å². The lowest BCUT2D eigenvalue weighted by molar-refractivity contribution is 0.0778. The molecule has 0 aliphatic rings. The Labute approximate surface area is 123 Å². The minimum atomic E-state index is -0.288. The van der Waals surface area contributed by atoms with Gasteiger partial charge in [0.15, 0.2) is 0 Å². The lowest BCUT2D eigenvalue weighted by Crippen LogP contribution is -2.28. The van der Waals surface area contributed by atoms with Crippen molar-refractivity contribution in [1.82, 2.24) is 9.88 Å². The summed E-state index contributed by atoms with van der Waals surface area (Å²) in [7, 11) is 1.69. The lowest BCUT2D eigenvalue weighted by atomic mass is 10.2. The number of benzene rings is 1. The molecule has 0 aliphatic carbocycles. The Morgan fingerprint density at radius 1 is 1.19 bits per heavy atom. The van der Waals surface area contributed by atoms with Crippen LogP contribution in [-0.4, -0.2) is 29.4 Å². The fourth-order valence-electron chi connectivity index (χ4n) is 2.04. The molecule has 110 valence electrons. The van der Waals surface area contributed by atoms with Gasteiger partial charge in [-0.05, 0) is 19.1 Å². The summed E-state index contributed by atoms with van der Waals surface area (Å²) >= 11 is 0. The van der Waals surface area contributed by atoms with E-state index >= 15 is 0 Å². The fourth-order valence-corrected chi connectivity index (χ4v) is 2.04. The number of carbonyl (C=O) groups excluding carboxylic acids is 1. The Morgan fingerprint density at radius 2 is 1.95 bits per heavy atom. The summed E-state index contributed by atoms with van der Waals surface area (Å²) < 4.78 is 5.55. The summed E-state index contributed by atoms with van der Waals surface area (Å²) in [5.74, 6) is 0.528. The largest absolute Gasteiger partial charge is 0.494 e. The first kappa shape index (κ1) is 14.8. The van der Waals surface area contributed by atoms with Crippen LogP contribution in [0.5, 0.6) is 5.75 Å². The maximum Gasteiger partial charge on any atom is 0.270 e. The first-order chi connectivity index (χ1) is 10.1. The van der Waals surface area contributed by atoms with Gasteiger partial charge in [0, 0.05) is 25.2 Å². The maximum atomic E-state index is 12.3. The standard InChI is InChI=1S/C16H18N2O3/c1-3-21-14-9-5-4-7-12(14)11-18(2)16(20)13-8-6-10-15(19)17-13/h4-10H,3,11H2,1-2H3,(H,17,19). The van der Waals surface area contributed by atoms with Gasteiger partial charge in [-0.3, -0.25) is 9.59 Å². The number of pyridine rings is 1. The molecule has 2 rings (SSSR count). The van der Waals surface area contributed by atoms with Crippen LogP contribution in [0.4, 0.5) is 0 Å². The molecule has 1 aromatic carbocycles. The molecule has 0 bridgehead atoms. The van der Waals surface area contributed by atoms with Gasteiger partial charge in [0.05, 0.1) is 6.61 Å². The Kier molecular flexibility index (Phi) is 4.77. The molecule has 0 radical (unpaired) electrons. The average molecular weight is 286 g/mol. The first-order valence-corrected chi connectivity index (χ1v) is 6.77. The molecule has 1 heterocycles. The summed E-state index contributed by atoms with van der Waals surface area (Å²) in [5.41, 5.74) is 0.913. The summed E-state index contributed by atoms with van der Waals surface area (Å²) in [4.78, 5) is 27.6. The second-order valence-corrected chi connectivity index (χ2v) is 4.63. The molecule has 21 heavy (non-hydrogen) atoms. The van der Waals surface area contributed by atoms with Crippen molar-refractivity contribution in [2.45, 2.75) is 13.5 Å². The molecule has 0 saturated carbocycles. The quantitative estimate of drug-likeness (QED) is 0.915. The summed E-state index contributed by atoms with van der Waals surface area (Å²) in [5, 5.41) is 0. The first-order valence-electron chi connectivity index (χ1n) is 6.77. The van der Waals surface area contributed by atoms with E-state index in [2.05, 4.69) is 4.98 Å². The highest BCUT2D eigenvalue weighted by atomic mass is 16.5.